The van der Waals surface area contributed by atoms with Gasteiger partial charge in [0, 0.05) is 31.6 Å². The first-order valence-electron chi connectivity index (χ1n) is 10.5. The van der Waals surface area contributed by atoms with Crippen LogP contribution in [0.2, 0.25) is 0 Å². The number of nitrogens with zero attached hydrogens (tertiary/aromatic N) is 1. The van der Waals surface area contributed by atoms with E-state index in [2.05, 4.69) is 5.32 Å². The minimum Gasteiger partial charge on any atom is -0.497 e. The minimum atomic E-state index is -0.248. The molecule has 1 saturated heterocycles. The van der Waals surface area contributed by atoms with E-state index in [0.717, 1.165) is 37.0 Å². The van der Waals surface area contributed by atoms with Gasteiger partial charge < -0.3 is 20.7 Å². The maximum Gasteiger partial charge on any atom is 0.225 e. The molecule has 0 spiro atoms. The number of hydrogen-bond donors (Lipinski definition) is 2. The van der Waals surface area contributed by atoms with Gasteiger partial charge >= 0.3 is 0 Å². The zero-order chi connectivity index (χ0) is 19.7. The number of rotatable bonds is 5. The van der Waals surface area contributed by atoms with Crippen molar-refractivity contribution in [3.63, 3.8) is 0 Å². The number of carbonyl (C=O) groups is 2. The number of likely N-dealkylation sites (tertiary alicyclic amines) is 1. The molecule has 152 valence electrons. The first-order valence-corrected chi connectivity index (χ1v) is 10.5. The van der Waals surface area contributed by atoms with Crippen molar-refractivity contribution in [2.45, 2.75) is 57.2 Å². The molecule has 1 aromatic carbocycles. The van der Waals surface area contributed by atoms with Crippen molar-refractivity contribution in [1.82, 2.24) is 10.2 Å². The van der Waals surface area contributed by atoms with Crippen LogP contribution in [0.5, 0.6) is 5.75 Å². The highest BCUT2D eigenvalue weighted by molar-refractivity contribution is 5.89. The van der Waals surface area contributed by atoms with Crippen molar-refractivity contribution in [2.24, 2.45) is 23.5 Å². The number of nitrogens with two attached hydrogens (primary N) is 1. The number of benzene rings is 1. The van der Waals surface area contributed by atoms with E-state index in [1.165, 1.54) is 6.42 Å². The maximum atomic E-state index is 12.9. The fourth-order valence-corrected chi connectivity index (χ4v) is 5.36. The zero-order valence-electron chi connectivity index (χ0n) is 16.6. The molecule has 2 aliphatic carbocycles. The van der Waals surface area contributed by atoms with Crippen LogP contribution >= 0.6 is 0 Å². The summed E-state index contributed by atoms with van der Waals surface area (Å²) < 4.78 is 5.18. The Bertz CT molecular complexity index is 706. The van der Waals surface area contributed by atoms with E-state index in [1.807, 2.05) is 24.3 Å². The summed E-state index contributed by atoms with van der Waals surface area (Å²) in [4.78, 5) is 27.2. The minimum absolute atomic E-state index is 0.0444. The Hall–Kier alpha value is -2.08. The van der Waals surface area contributed by atoms with Crippen LogP contribution in [0.3, 0.4) is 0 Å². The van der Waals surface area contributed by atoms with Crippen LogP contribution in [-0.4, -0.2) is 42.5 Å². The molecule has 3 atom stereocenters. The van der Waals surface area contributed by atoms with Gasteiger partial charge in [-0.15, -0.1) is 0 Å². The Balaban J connectivity index is 1.34. The highest BCUT2D eigenvalue weighted by Gasteiger charge is 2.42. The third-order valence-corrected chi connectivity index (χ3v) is 6.80. The molecule has 6 nitrogen and oxygen atoms in total. The second-order valence-corrected chi connectivity index (χ2v) is 8.74. The van der Waals surface area contributed by atoms with Crippen molar-refractivity contribution in [3.8, 4) is 5.75 Å². The molecular formula is C22H31N3O3. The fraction of sp³-hybridized carbons (Fsp3) is 0.636. The monoisotopic (exact) mass is 385 g/mol. The van der Waals surface area contributed by atoms with Crippen LogP contribution in [0.1, 0.15) is 44.1 Å². The molecule has 1 aliphatic heterocycles. The predicted molar refractivity (Wildman–Crippen MR) is 106 cm³/mol. The molecule has 28 heavy (non-hydrogen) atoms. The standard InChI is InChI=1S/C22H31N3O3/c1-28-19-7-5-14(6-8-19)12-25-13-17(11-20(25)26)22(27)24-21-15-3-2-4-16(21)10-18(23)9-15/h5-8,15-18,21H,2-4,9-13,23H2,1H3,(H,24,27). The summed E-state index contributed by atoms with van der Waals surface area (Å²) in [5, 5.41) is 3.31. The average molecular weight is 386 g/mol. The highest BCUT2D eigenvalue weighted by atomic mass is 16.5. The van der Waals surface area contributed by atoms with Gasteiger partial charge in [-0.25, -0.2) is 0 Å². The van der Waals surface area contributed by atoms with Gasteiger partial charge in [-0.05, 0) is 55.2 Å². The van der Waals surface area contributed by atoms with Crippen LogP contribution < -0.4 is 15.8 Å². The Morgan fingerprint density at radius 1 is 1.21 bits per heavy atom. The SMILES string of the molecule is COc1ccc(CN2CC(C(=O)NC3C4CCCC3CC(N)C4)CC2=O)cc1. The Morgan fingerprint density at radius 2 is 1.89 bits per heavy atom. The number of ether oxygens (including phenoxy) is 1. The third kappa shape index (κ3) is 4.02. The summed E-state index contributed by atoms with van der Waals surface area (Å²) in [6, 6.07) is 8.24. The molecule has 3 aliphatic rings. The van der Waals surface area contributed by atoms with Crippen LogP contribution in [0.4, 0.5) is 0 Å². The normalized spacial score (nSPS) is 32.3. The summed E-state index contributed by atoms with van der Waals surface area (Å²) >= 11 is 0. The predicted octanol–water partition coefficient (Wildman–Crippen LogP) is 2.07. The lowest BCUT2D eigenvalue weighted by molar-refractivity contribution is -0.130. The third-order valence-electron chi connectivity index (χ3n) is 6.80. The van der Waals surface area contributed by atoms with Crippen molar-refractivity contribution in [3.05, 3.63) is 29.8 Å². The fourth-order valence-electron chi connectivity index (χ4n) is 5.36. The van der Waals surface area contributed by atoms with Gasteiger partial charge in [0.25, 0.3) is 0 Å². The van der Waals surface area contributed by atoms with Gasteiger partial charge in [0.1, 0.15) is 5.75 Å². The lowest BCUT2D eigenvalue weighted by Crippen LogP contribution is -2.54. The highest BCUT2D eigenvalue weighted by Crippen LogP contribution is 2.40. The second-order valence-electron chi connectivity index (χ2n) is 8.74. The molecule has 0 aromatic heterocycles. The molecule has 2 amide bonds. The summed E-state index contributed by atoms with van der Waals surface area (Å²) in [7, 11) is 1.64. The smallest absolute Gasteiger partial charge is 0.225 e. The quantitative estimate of drug-likeness (QED) is 0.813. The number of hydrogen-bond acceptors (Lipinski definition) is 4. The molecule has 3 fully saturated rings. The summed E-state index contributed by atoms with van der Waals surface area (Å²) in [6.45, 7) is 1.04. The van der Waals surface area contributed by atoms with Gasteiger partial charge in [0.05, 0.1) is 13.0 Å². The average Bonchev–Trinajstić information content (AvgIpc) is 3.04. The molecule has 2 saturated carbocycles. The maximum absolute atomic E-state index is 12.9. The Kier molecular flexibility index (Phi) is 5.58. The van der Waals surface area contributed by atoms with Crippen LogP contribution in [0.15, 0.2) is 24.3 Å². The van der Waals surface area contributed by atoms with E-state index in [-0.39, 0.29) is 29.8 Å². The topological polar surface area (TPSA) is 84.7 Å². The van der Waals surface area contributed by atoms with Crippen molar-refractivity contribution in [1.29, 1.82) is 0 Å². The summed E-state index contributed by atoms with van der Waals surface area (Å²) in [6.07, 6.45) is 5.88. The van der Waals surface area contributed by atoms with Gasteiger partial charge in [-0.2, -0.15) is 0 Å². The number of methoxy groups -OCH3 is 1. The van der Waals surface area contributed by atoms with Crippen molar-refractivity contribution < 1.29 is 14.3 Å². The number of nitrogens with one attached hydrogen (secondary N) is 1. The molecule has 3 unspecified atom stereocenters. The van der Waals surface area contributed by atoms with Crippen LogP contribution in [0.25, 0.3) is 0 Å². The molecule has 4 rings (SSSR count). The number of carbonyl (C=O) groups excluding carboxylic acids is 2. The van der Waals surface area contributed by atoms with E-state index < -0.39 is 0 Å². The second kappa shape index (κ2) is 8.11. The Labute approximate surface area is 166 Å². The van der Waals surface area contributed by atoms with Gasteiger partial charge in [0.2, 0.25) is 11.8 Å². The van der Waals surface area contributed by atoms with Crippen molar-refractivity contribution in [2.75, 3.05) is 13.7 Å². The van der Waals surface area contributed by atoms with E-state index in [1.54, 1.807) is 12.0 Å². The van der Waals surface area contributed by atoms with Crippen LogP contribution in [-0.2, 0) is 16.1 Å². The van der Waals surface area contributed by atoms with E-state index in [0.29, 0.717) is 31.3 Å². The lowest BCUT2D eigenvalue weighted by atomic mass is 9.67. The first-order chi connectivity index (χ1) is 13.5. The first kappa shape index (κ1) is 19.2. The van der Waals surface area contributed by atoms with E-state index in [4.69, 9.17) is 10.5 Å². The molecule has 2 bridgehead atoms. The van der Waals surface area contributed by atoms with Crippen LogP contribution in [0, 0.1) is 17.8 Å². The summed E-state index contributed by atoms with van der Waals surface area (Å²) in [5.41, 5.74) is 7.24. The number of fused-ring (bicyclic) bond motifs is 2. The van der Waals surface area contributed by atoms with E-state index >= 15 is 0 Å². The van der Waals surface area contributed by atoms with Gasteiger partial charge in [-0.3, -0.25) is 9.59 Å². The molecule has 6 heteroatoms. The van der Waals surface area contributed by atoms with Crippen molar-refractivity contribution >= 4 is 11.8 Å². The number of amides is 2. The molecule has 1 heterocycles. The molecule has 1 aromatic rings. The zero-order valence-corrected chi connectivity index (χ0v) is 16.6. The lowest BCUT2D eigenvalue weighted by Gasteiger charge is -2.45. The molecule has 0 radical (unpaired) electrons. The molecular weight excluding hydrogens is 354 g/mol. The van der Waals surface area contributed by atoms with Gasteiger partial charge in [0.15, 0.2) is 0 Å². The molecule has 3 N–H and O–H groups in total. The Morgan fingerprint density at radius 3 is 2.54 bits per heavy atom. The van der Waals surface area contributed by atoms with Gasteiger partial charge in [-0.1, -0.05) is 18.6 Å². The van der Waals surface area contributed by atoms with E-state index in [9.17, 15) is 9.59 Å². The summed E-state index contributed by atoms with van der Waals surface area (Å²) in [5.74, 6) is 1.65. The largest absolute Gasteiger partial charge is 0.497 e.